The van der Waals surface area contributed by atoms with Gasteiger partial charge in [0.25, 0.3) is 0 Å². The molecule has 4 heteroatoms. The first-order valence-corrected chi connectivity index (χ1v) is 6.07. The van der Waals surface area contributed by atoms with Crippen molar-refractivity contribution in [1.82, 2.24) is 4.98 Å². The van der Waals surface area contributed by atoms with Crippen LogP contribution in [-0.4, -0.2) is 31.3 Å². The highest BCUT2D eigenvalue weighted by atomic mass is 16.5. The van der Waals surface area contributed by atoms with Crippen molar-refractivity contribution in [1.29, 1.82) is 0 Å². The molecule has 4 nitrogen and oxygen atoms in total. The summed E-state index contributed by atoms with van der Waals surface area (Å²) in [7, 11) is 1.71. The van der Waals surface area contributed by atoms with Gasteiger partial charge in [-0.1, -0.05) is 6.92 Å². The Bertz CT molecular complexity index is 355. The average Bonchev–Trinajstić information content (AvgIpc) is 2.33. The normalized spacial score (nSPS) is 12.5. The van der Waals surface area contributed by atoms with Crippen LogP contribution in [0.3, 0.4) is 0 Å². The molecule has 1 aromatic heterocycles. The molecular weight excluding hydrogens is 214 g/mol. The largest absolute Gasteiger partial charge is 0.398 e. The summed E-state index contributed by atoms with van der Waals surface area (Å²) in [5, 5.41) is 0. The summed E-state index contributed by atoms with van der Waals surface area (Å²) in [5.41, 5.74) is 7.74. The van der Waals surface area contributed by atoms with Gasteiger partial charge in [-0.2, -0.15) is 0 Å². The summed E-state index contributed by atoms with van der Waals surface area (Å²) < 4.78 is 5.14. The van der Waals surface area contributed by atoms with E-state index in [0.29, 0.717) is 12.6 Å². The number of nitrogens with zero attached hydrogens (tertiary/aromatic N) is 2. The minimum atomic E-state index is 0.430. The molecule has 0 aliphatic carbocycles. The van der Waals surface area contributed by atoms with E-state index in [9.17, 15) is 0 Å². The maximum atomic E-state index is 5.93. The van der Waals surface area contributed by atoms with E-state index < -0.39 is 0 Å². The zero-order valence-electron chi connectivity index (χ0n) is 11.2. The Morgan fingerprint density at radius 2 is 2.24 bits per heavy atom. The third kappa shape index (κ3) is 3.60. The van der Waals surface area contributed by atoms with Crippen molar-refractivity contribution >= 4 is 11.5 Å². The number of hydrogen-bond donors (Lipinski definition) is 1. The fraction of sp³-hybridized carbons (Fsp3) is 0.615. The molecule has 1 rings (SSSR count). The number of rotatable bonds is 6. The molecule has 2 N–H and O–H groups in total. The Balaban J connectivity index is 2.91. The Morgan fingerprint density at radius 1 is 1.53 bits per heavy atom. The molecule has 0 aromatic carbocycles. The predicted molar refractivity (Wildman–Crippen MR) is 72.4 cm³/mol. The number of nitrogen functional groups attached to an aromatic ring is 1. The molecule has 96 valence electrons. The fourth-order valence-corrected chi connectivity index (χ4v) is 1.66. The van der Waals surface area contributed by atoms with Gasteiger partial charge in [0.15, 0.2) is 0 Å². The van der Waals surface area contributed by atoms with E-state index >= 15 is 0 Å². The summed E-state index contributed by atoms with van der Waals surface area (Å²) >= 11 is 0. The topological polar surface area (TPSA) is 51.4 Å². The number of ether oxygens (including phenoxy) is 1. The molecular formula is C13H23N3O. The molecule has 17 heavy (non-hydrogen) atoms. The number of nitrogens with two attached hydrogens (primary N) is 1. The monoisotopic (exact) mass is 237 g/mol. The summed E-state index contributed by atoms with van der Waals surface area (Å²) in [4.78, 5) is 6.69. The average molecular weight is 237 g/mol. The van der Waals surface area contributed by atoms with Gasteiger partial charge in [0.1, 0.15) is 5.82 Å². The quantitative estimate of drug-likeness (QED) is 0.824. The van der Waals surface area contributed by atoms with Gasteiger partial charge >= 0.3 is 0 Å². The second-order valence-electron chi connectivity index (χ2n) is 4.34. The lowest BCUT2D eigenvalue weighted by atomic mass is 10.2. The van der Waals surface area contributed by atoms with Crippen LogP contribution >= 0.6 is 0 Å². The number of anilines is 2. The van der Waals surface area contributed by atoms with Gasteiger partial charge in [-0.05, 0) is 25.8 Å². The predicted octanol–water partition coefficient (Wildman–Crippen LogP) is 2.22. The van der Waals surface area contributed by atoms with E-state index in [1.807, 2.05) is 19.2 Å². The second kappa shape index (κ2) is 6.45. The van der Waals surface area contributed by atoms with Crippen LogP contribution in [0.2, 0.25) is 0 Å². The highest BCUT2D eigenvalue weighted by molar-refractivity contribution is 5.55. The summed E-state index contributed by atoms with van der Waals surface area (Å²) in [5.74, 6) is 0.930. The molecule has 0 aliphatic rings. The minimum absolute atomic E-state index is 0.430. The number of aryl methyl sites for hydroxylation is 1. The zero-order chi connectivity index (χ0) is 12.8. The van der Waals surface area contributed by atoms with Gasteiger partial charge < -0.3 is 15.4 Å². The van der Waals surface area contributed by atoms with Gasteiger partial charge in [-0.15, -0.1) is 0 Å². The van der Waals surface area contributed by atoms with Crippen molar-refractivity contribution in [3.8, 4) is 0 Å². The molecule has 0 fully saturated rings. The highest BCUT2D eigenvalue weighted by Gasteiger charge is 2.14. The van der Waals surface area contributed by atoms with Crippen molar-refractivity contribution in [2.75, 3.05) is 30.9 Å². The van der Waals surface area contributed by atoms with Crippen molar-refractivity contribution in [2.24, 2.45) is 0 Å². The van der Waals surface area contributed by atoms with Gasteiger partial charge in [0.2, 0.25) is 0 Å². The van der Waals surface area contributed by atoms with Gasteiger partial charge in [0, 0.05) is 37.6 Å². The summed E-state index contributed by atoms with van der Waals surface area (Å²) in [6, 6.07) is 2.37. The maximum absolute atomic E-state index is 5.93. The molecule has 1 heterocycles. The van der Waals surface area contributed by atoms with Crippen LogP contribution in [0.1, 0.15) is 25.8 Å². The van der Waals surface area contributed by atoms with Crippen LogP contribution in [0.4, 0.5) is 11.5 Å². The Morgan fingerprint density at radius 3 is 2.76 bits per heavy atom. The lowest BCUT2D eigenvalue weighted by Crippen LogP contribution is -2.36. The van der Waals surface area contributed by atoms with Crippen molar-refractivity contribution in [3.05, 3.63) is 17.8 Å². The Kier molecular flexibility index (Phi) is 5.22. The fourth-order valence-electron chi connectivity index (χ4n) is 1.66. The van der Waals surface area contributed by atoms with E-state index in [-0.39, 0.29) is 0 Å². The van der Waals surface area contributed by atoms with E-state index in [1.54, 1.807) is 7.11 Å². The van der Waals surface area contributed by atoms with E-state index in [0.717, 1.165) is 30.0 Å². The SMILES string of the molecule is CCC(C)N(CCOC)c1cc(N)c(C)cn1. The lowest BCUT2D eigenvalue weighted by molar-refractivity contribution is 0.203. The lowest BCUT2D eigenvalue weighted by Gasteiger charge is -2.29. The van der Waals surface area contributed by atoms with Crippen LogP contribution in [0.25, 0.3) is 0 Å². The molecule has 0 saturated carbocycles. The van der Waals surface area contributed by atoms with Crippen molar-refractivity contribution in [3.63, 3.8) is 0 Å². The van der Waals surface area contributed by atoms with Crippen LogP contribution in [0.5, 0.6) is 0 Å². The zero-order valence-corrected chi connectivity index (χ0v) is 11.2. The number of methoxy groups -OCH3 is 1. The maximum Gasteiger partial charge on any atom is 0.130 e. The van der Waals surface area contributed by atoms with Crippen LogP contribution < -0.4 is 10.6 Å². The summed E-state index contributed by atoms with van der Waals surface area (Å²) in [6.07, 6.45) is 2.89. The van der Waals surface area contributed by atoms with Crippen LogP contribution in [0, 0.1) is 6.92 Å². The molecule has 0 aliphatic heterocycles. The number of aromatic nitrogens is 1. The van der Waals surface area contributed by atoms with E-state index in [4.69, 9.17) is 10.5 Å². The van der Waals surface area contributed by atoms with E-state index in [1.165, 1.54) is 0 Å². The third-order valence-electron chi connectivity index (χ3n) is 3.08. The number of pyridine rings is 1. The standard InChI is InChI=1S/C13H23N3O/c1-5-11(3)16(6-7-17-4)13-8-12(14)10(2)9-15-13/h8-9,11H,5-7H2,1-4H3,(H2,14,15). The Labute approximate surface area is 104 Å². The molecule has 1 unspecified atom stereocenters. The summed E-state index contributed by atoms with van der Waals surface area (Å²) in [6.45, 7) is 7.85. The van der Waals surface area contributed by atoms with Crippen molar-refractivity contribution in [2.45, 2.75) is 33.2 Å². The van der Waals surface area contributed by atoms with Crippen LogP contribution in [-0.2, 0) is 4.74 Å². The molecule has 0 saturated heterocycles. The minimum Gasteiger partial charge on any atom is -0.398 e. The number of hydrogen-bond acceptors (Lipinski definition) is 4. The first-order valence-electron chi connectivity index (χ1n) is 6.07. The third-order valence-corrected chi connectivity index (χ3v) is 3.08. The molecule has 0 radical (unpaired) electrons. The molecule has 0 amide bonds. The van der Waals surface area contributed by atoms with Crippen LogP contribution in [0.15, 0.2) is 12.3 Å². The molecule has 1 atom stereocenters. The van der Waals surface area contributed by atoms with Crippen molar-refractivity contribution < 1.29 is 4.74 Å². The molecule has 0 spiro atoms. The van der Waals surface area contributed by atoms with E-state index in [2.05, 4.69) is 23.7 Å². The smallest absolute Gasteiger partial charge is 0.130 e. The highest BCUT2D eigenvalue weighted by Crippen LogP contribution is 2.20. The Hall–Kier alpha value is -1.29. The molecule has 0 bridgehead atoms. The van der Waals surface area contributed by atoms with Gasteiger partial charge in [-0.25, -0.2) is 4.98 Å². The van der Waals surface area contributed by atoms with Gasteiger partial charge in [0.05, 0.1) is 6.61 Å². The molecule has 1 aromatic rings. The second-order valence-corrected chi connectivity index (χ2v) is 4.34. The first-order chi connectivity index (χ1) is 8.10. The first kappa shape index (κ1) is 13.8. The van der Waals surface area contributed by atoms with Gasteiger partial charge in [-0.3, -0.25) is 0 Å².